The zero-order valence-electron chi connectivity index (χ0n) is 14.5. The van der Waals surface area contributed by atoms with Crippen LogP contribution in [0, 0.1) is 18.3 Å². The van der Waals surface area contributed by atoms with Gasteiger partial charge in [-0.25, -0.2) is 0 Å². The second-order valence-corrected chi connectivity index (χ2v) is 6.65. The van der Waals surface area contributed by atoms with Crippen LogP contribution in [0.1, 0.15) is 45.7 Å². The number of benzene rings is 1. The number of amides is 2. The first-order chi connectivity index (χ1) is 10.2. The third-order valence-electron chi connectivity index (χ3n) is 3.78. The summed E-state index contributed by atoms with van der Waals surface area (Å²) in [6.45, 7) is 11.9. The number of hydrogen-bond acceptors (Lipinski definition) is 2. The topological polar surface area (TPSA) is 58.2 Å². The normalized spacial score (nSPS) is 11.4. The van der Waals surface area contributed by atoms with Crippen molar-refractivity contribution in [1.82, 2.24) is 5.32 Å². The number of hydrogen-bond donors (Lipinski definition) is 2. The third kappa shape index (κ3) is 4.33. The maximum Gasteiger partial charge on any atom is 0.239 e. The van der Waals surface area contributed by atoms with Crippen LogP contribution in [0.25, 0.3) is 0 Å². The van der Waals surface area contributed by atoms with Gasteiger partial charge in [-0.05, 0) is 44.2 Å². The highest BCUT2D eigenvalue weighted by Gasteiger charge is 2.36. The molecule has 0 aliphatic rings. The van der Waals surface area contributed by atoms with E-state index in [-0.39, 0.29) is 11.8 Å². The highest BCUT2D eigenvalue weighted by molar-refractivity contribution is 6.10. The van der Waals surface area contributed by atoms with Gasteiger partial charge in [0.2, 0.25) is 11.8 Å². The van der Waals surface area contributed by atoms with Crippen LogP contribution in [0.2, 0.25) is 0 Å². The number of carbonyl (C=O) groups excluding carboxylic acids is 2. The second kappa shape index (κ2) is 7.43. The molecule has 0 aliphatic heterocycles. The summed E-state index contributed by atoms with van der Waals surface area (Å²) in [4.78, 5) is 24.8. The molecule has 22 heavy (non-hydrogen) atoms. The summed E-state index contributed by atoms with van der Waals surface area (Å²) in [7, 11) is 0. The van der Waals surface area contributed by atoms with Gasteiger partial charge in [-0.2, -0.15) is 0 Å². The van der Waals surface area contributed by atoms with E-state index in [1.807, 2.05) is 45.9 Å². The Hall–Kier alpha value is -1.84. The minimum Gasteiger partial charge on any atom is -0.355 e. The molecule has 0 spiro atoms. The molecule has 1 rings (SSSR count). The van der Waals surface area contributed by atoms with Gasteiger partial charge in [0.05, 0.1) is 0 Å². The Morgan fingerprint density at radius 1 is 1.18 bits per heavy atom. The van der Waals surface area contributed by atoms with Crippen LogP contribution in [-0.4, -0.2) is 18.4 Å². The van der Waals surface area contributed by atoms with Gasteiger partial charge in [0.1, 0.15) is 5.41 Å². The summed E-state index contributed by atoms with van der Waals surface area (Å²) in [6.07, 6.45) is 0.831. The predicted molar refractivity (Wildman–Crippen MR) is 90.8 cm³/mol. The van der Waals surface area contributed by atoms with Crippen molar-refractivity contribution in [3.8, 4) is 0 Å². The molecule has 0 heterocycles. The largest absolute Gasteiger partial charge is 0.355 e. The molecule has 4 heteroatoms. The van der Waals surface area contributed by atoms with Crippen LogP contribution in [0.15, 0.2) is 18.2 Å². The van der Waals surface area contributed by atoms with E-state index in [2.05, 4.69) is 10.6 Å². The van der Waals surface area contributed by atoms with Gasteiger partial charge in [-0.1, -0.05) is 39.0 Å². The van der Waals surface area contributed by atoms with E-state index in [1.54, 1.807) is 13.8 Å². The molecule has 0 bridgehead atoms. The fourth-order valence-corrected chi connectivity index (χ4v) is 2.09. The van der Waals surface area contributed by atoms with Crippen molar-refractivity contribution in [1.29, 1.82) is 0 Å². The molecule has 2 amide bonds. The number of anilines is 1. The monoisotopic (exact) mass is 304 g/mol. The van der Waals surface area contributed by atoms with Gasteiger partial charge in [-0.15, -0.1) is 0 Å². The summed E-state index contributed by atoms with van der Waals surface area (Å²) in [5, 5.41) is 5.77. The van der Waals surface area contributed by atoms with Crippen molar-refractivity contribution in [2.45, 2.75) is 48.0 Å². The lowest BCUT2D eigenvalue weighted by molar-refractivity contribution is -0.138. The average molecular weight is 304 g/mol. The van der Waals surface area contributed by atoms with E-state index in [0.717, 1.165) is 23.2 Å². The van der Waals surface area contributed by atoms with Crippen molar-refractivity contribution < 1.29 is 9.59 Å². The molecule has 0 radical (unpaired) electrons. The van der Waals surface area contributed by atoms with Gasteiger partial charge in [0, 0.05) is 12.2 Å². The van der Waals surface area contributed by atoms with Crippen molar-refractivity contribution in [3.05, 3.63) is 29.3 Å². The Labute approximate surface area is 133 Å². The molecular formula is C18H28N2O2. The molecule has 0 aliphatic carbocycles. The van der Waals surface area contributed by atoms with Gasteiger partial charge >= 0.3 is 0 Å². The SMILES string of the molecule is CCc1cccc(C)c1NC(=O)C(C)(C)C(=O)NCC(C)C. The van der Waals surface area contributed by atoms with Gasteiger partial charge in [-0.3, -0.25) is 9.59 Å². The maximum atomic E-state index is 12.6. The van der Waals surface area contributed by atoms with Crippen LogP contribution in [0.3, 0.4) is 0 Å². The van der Waals surface area contributed by atoms with E-state index in [9.17, 15) is 9.59 Å². The molecule has 1 aromatic carbocycles. The molecule has 0 unspecified atom stereocenters. The molecule has 2 N–H and O–H groups in total. The number of rotatable bonds is 6. The van der Waals surface area contributed by atoms with E-state index in [0.29, 0.717) is 12.5 Å². The number of aryl methyl sites for hydroxylation is 2. The highest BCUT2D eigenvalue weighted by Crippen LogP contribution is 2.25. The first-order valence-electron chi connectivity index (χ1n) is 7.88. The van der Waals surface area contributed by atoms with Gasteiger partial charge in [0.15, 0.2) is 0 Å². The van der Waals surface area contributed by atoms with E-state index in [4.69, 9.17) is 0 Å². The Balaban J connectivity index is 2.90. The summed E-state index contributed by atoms with van der Waals surface area (Å²) in [5.41, 5.74) is 1.79. The summed E-state index contributed by atoms with van der Waals surface area (Å²) >= 11 is 0. The third-order valence-corrected chi connectivity index (χ3v) is 3.78. The fraction of sp³-hybridized carbons (Fsp3) is 0.556. The zero-order valence-corrected chi connectivity index (χ0v) is 14.5. The summed E-state index contributed by atoms with van der Waals surface area (Å²) in [6, 6.07) is 5.93. The lowest BCUT2D eigenvalue weighted by Crippen LogP contribution is -2.46. The Bertz CT molecular complexity index is 548. The first kappa shape index (κ1) is 18.2. The molecule has 0 saturated heterocycles. The summed E-state index contributed by atoms with van der Waals surface area (Å²) in [5.74, 6) is -0.172. The molecule has 1 aromatic rings. The number of nitrogens with one attached hydrogen (secondary N) is 2. The van der Waals surface area contributed by atoms with E-state index in [1.165, 1.54) is 0 Å². The van der Waals surface area contributed by atoms with Crippen LogP contribution < -0.4 is 10.6 Å². The standard InChI is InChI=1S/C18H28N2O2/c1-7-14-10-8-9-13(4)15(14)20-17(22)18(5,6)16(21)19-11-12(2)3/h8-10,12H,7,11H2,1-6H3,(H,19,21)(H,20,22). The first-order valence-corrected chi connectivity index (χ1v) is 7.88. The lowest BCUT2D eigenvalue weighted by Gasteiger charge is -2.24. The van der Waals surface area contributed by atoms with Crippen molar-refractivity contribution in [3.63, 3.8) is 0 Å². The Kier molecular flexibility index (Phi) is 6.15. The molecule has 0 atom stereocenters. The molecule has 122 valence electrons. The number of para-hydroxylation sites is 1. The quantitative estimate of drug-likeness (QED) is 0.792. The predicted octanol–water partition coefficient (Wildman–Crippen LogP) is 3.29. The second-order valence-electron chi connectivity index (χ2n) is 6.65. The maximum absolute atomic E-state index is 12.6. The van der Waals surface area contributed by atoms with Crippen molar-refractivity contribution >= 4 is 17.5 Å². The van der Waals surface area contributed by atoms with Crippen LogP contribution in [-0.2, 0) is 16.0 Å². The lowest BCUT2D eigenvalue weighted by atomic mass is 9.90. The van der Waals surface area contributed by atoms with Crippen molar-refractivity contribution in [2.75, 3.05) is 11.9 Å². The minimum absolute atomic E-state index is 0.245. The Morgan fingerprint density at radius 3 is 2.36 bits per heavy atom. The molecule has 0 saturated carbocycles. The van der Waals surface area contributed by atoms with Crippen LogP contribution in [0.4, 0.5) is 5.69 Å². The smallest absolute Gasteiger partial charge is 0.239 e. The Morgan fingerprint density at radius 2 is 1.82 bits per heavy atom. The molecular weight excluding hydrogens is 276 g/mol. The van der Waals surface area contributed by atoms with Crippen LogP contribution >= 0.6 is 0 Å². The highest BCUT2D eigenvalue weighted by atomic mass is 16.2. The zero-order chi connectivity index (χ0) is 16.9. The van der Waals surface area contributed by atoms with E-state index >= 15 is 0 Å². The minimum atomic E-state index is -1.11. The number of carbonyl (C=O) groups is 2. The molecule has 0 aromatic heterocycles. The van der Waals surface area contributed by atoms with Gasteiger partial charge < -0.3 is 10.6 Å². The van der Waals surface area contributed by atoms with Gasteiger partial charge in [0.25, 0.3) is 0 Å². The van der Waals surface area contributed by atoms with E-state index < -0.39 is 5.41 Å². The average Bonchev–Trinajstić information content (AvgIpc) is 2.46. The summed E-state index contributed by atoms with van der Waals surface area (Å²) < 4.78 is 0. The fourth-order valence-electron chi connectivity index (χ4n) is 2.09. The van der Waals surface area contributed by atoms with Crippen molar-refractivity contribution in [2.24, 2.45) is 11.3 Å². The molecule has 4 nitrogen and oxygen atoms in total. The molecule has 0 fully saturated rings. The van der Waals surface area contributed by atoms with Crippen LogP contribution in [0.5, 0.6) is 0 Å².